The maximum Gasteiger partial charge on any atom is 0.417 e. The Bertz CT molecular complexity index is 457. The Labute approximate surface area is 117 Å². The van der Waals surface area contributed by atoms with Crippen molar-refractivity contribution in [3.05, 3.63) is 35.4 Å². The molecular formula is C16H19F3O. The minimum atomic E-state index is -4.46. The van der Waals surface area contributed by atoms with Gasteiger partial charge in [0.2, 0.25) is 0 Å². The Balaban J connectivity index is 2.13. The lowest BCUT2D eigenvalue weighted by Crippen LogP contribution is -2.15. The lowest BCUT2D eigenvalue weighted by atomic mass is 9.90. The Morgan fingerprint density at radius 1 is 1.05 bits per heavy atom. The van der Waals surface area contributed by atoms with Crippen LogP contribution < -0.4 is 0 Å². The molecule has 1 aromatic carbocycles. The molecule has 4 heteroatoms. The summed E-state index contributed by atoms with van der Waals surface area (Å²) in [6.45, 7) is 0. The quantitative estimate of drug-likeness (QED) is 0.547. The SMILES string of the molecule is O=C(CC1CCCCCC1)c1ccccc1C(F)(F)F. The van der Waals surface area contributed by atoms with Gasteiger partial charge in [0, 0.05) is 12.0 Å². The van der Waals surface area contributed by atoms with Gasteiger partial charge in [-0.1, -0.05) is 56.7 Å². The molecule has 1 fully saturated rings. The summed E-state index contributed by atoms with van der Waals surface area (Å²) in [5.41, 5.74) is -0.983. The molecule has 1 nitrogen and oxygen atoms in total. The molecule has 1 aliphatic carbocycles. The second kappa shape index (κ2) is 6.42. The van der Waals surface area contributed by atoms with Crippen molar-refractivity contribution in [1.29, 1.82) is 0 Å². The zero-order valence-corrected chi connectivity index (χ0v) is 11.4. The number of benzene rings is 1. The van der Waals surface area contributed by atoms with Crippen molar-refractivity contribution in [2.75, 3.05) is 0 Å². The molecule has 0 radical (unpaired) electrons. The molecule has 110 valence electrons. The van der Waals surface area contributed by atoms with Crippen LogP contribution >= 0.6 is 0 Å². The molecule has 1 aliphatic rings. The standard InChI is InChI=1S/C16H19F3O/c17-16(18,19)14-10-6-5-9-13(14)15(20)11-12-7-3-1-2-4-8-12/h5-6,9-10,12H,1-4,7-8,11H2. The number of rotatable bonds is 3. The number of halogens is 3. The van der Waals surface area contributed by atoms with Crippen LogP contribution in [0.15, 0.2) is 24.3 Å². The summed E-state index contributed by atoms with van der Waals surface area (Å²) >= 11 is 0. The van der Waals surface area contributed by atoms with Crippen LogP contribution in [0.4, 0.5) is 13.2 Å². The van der Waals surface area contributed by atoms with Gasteiger partial charge in [0.25, 0.3) is 0 Å². The fourth-order valence-corrected chi connectivity index (χ4v) is 2.91. The van der Waals surface area contributed by atoms with Crippen LogP contribution in [0.3, 0.4) is 0 Å². The largest absolute Gasteiger partial charge is 0.417 e. The average Bonchev–Trinajstić information content (AvgIpc) is 2.66. The van der Waals surface area contributed by atoms with Crippen molar-refractivity contribution in [3.8, 4) is 0 Å². The predicted octanol–water partition coefficient (Wildman–Crippen LogP) is 5.25. The molecule has 0 saturated heterocycles. The number of hydrogen-bond donors (Lipinski definition) is 0. The van der Waals surface area contributed by atoms with E-state index in [0.717, 1.165) is 31.7 Å². The van der Waals surface area contributed by atoms with Gasteiger partial charge in [-0.25, -0.2) is 0 Å². The van der Waals surface area contributed by atoms with Crippen LogP contribution in [0.1, 0.15) is 60.9 Å². The second-order valence-corrected chi connectivity index (χ2v) is 5.53. The van der Waals surface area contributed by atoms with E-state index in [0.29, 0.717) is 0 Å². The van der Waals surface area contributed by atoms with Gasteiger partial charge in [0.15, 0.2) is 5.78 Å². The van der Waals surface area contributed by atoms with Gasteiger partial charge >= 0.3 is 6.18 Å². The summed E-state index contributed by atoms with van der Waals surface area (Å²) < 4.78 is 38.7. The summed E-state index contributed by atoms with van der Waals surface area (Å²) in [6.07, 6.45) is 2.20. The molecule has 0 N–H and O–H groups in total. The van der Waals surface area contributed by atoms with Crippen molar-refractivity contribution in [1.82, 2.24) is 0 Å². The average molecular weight is 284 g/mol. The van der Waals surface area contributed by atoms with Gasteiger partial charge in [-0.15, -0.1) is 0 Å². The van der Waals surface area contributed by atoms with Gasteiger partial charge in [-0.3, -0.25) is 4.79 Å². The maximum atomic E-state index is 12.9. The van der Waals surface area contributed by atoms with Crippen LogP contribution in [0.25, 0.3) is 0 Å². The third kappa shape index (κ3) is 3.84. The Kier molecular flexibility index (Phi) is 4.84. The first-order valence-corrected chi connectivity index (χ1v) is 7.18. The highest BCUT2D eigenvalue weighted by Crippen LogP contribution is 2.34. The smallest absolute Gasteiger partial charge is 0.294 e. The van der Waals surface area contributed by atoms with E-state index < -0.39 is 11.7 Å². The predicted molar refractivity (Wildman–Crippen MR) is 71.6 cm³/mol. The zero-order chi connectivity index (χ0) is 14.6. The third-order valence-electron chi connectivity index (χ3n) is 3.98. The van der Waals surface area contributed by atoms with Crippen molar-refractivity contribution < 1.29 is 18.0 Å². The molecule has 1 aromatic rings. The second-order valence-electron chi connectivity index (χ2n) is 5.53. The summed E-state index contributed by atoms with van der Waals surface area (Å²) in [7, 11) is 0. The number of ketones is 1. The fraction of sp³-hybridized carbons (Fsp3) is 0.562. The first-order valence-electron chi connectivity index (χ1n) is 7.18. The van der Waals surface area contributed by atoms with E-state index in [4.69, 9.17) is 0 Å². The first-order chi connectivity index (χ1) is 9.48. The van der Waals surface area contributed by atoms with Crippen molar-refractivity contribution in [2.45, 2.75) is 51.1 Å². The molecule has 20 heavy (non-hydrogen) atoms. The first kappa shape index (κ1) is 15.1. The monoisotopic (exact) mass is 284 g/mol. The van der Waals surface area contributed by atoms with Crippen molar-refractivity contribution in [2.24, 2.45) is 5.92 Å². The van der Waals surface area contributed by atoms with Crippen molar-refractivity contribution in [3.63, 3.8) is 0 Å². The summed E-state index contributed by atoms with van der Waals surface area (Å²) in [4.78, 5) is 12.2. The van der Waals surface area contributed by atoms with Gasteiger partial charge in [0.05, 0.1) is 5.56 Å². The highest BCUT2D eigenvalue weighted by Gasteiger charge is 2.35. The molecule has 0 aromatic heterocycles. The lowest BCUT2D eigenvalue weighted by molar-refractivity contribution is -0.137. The molecule has 0 bridgehead atoms. The number of carbonyl (C=O) groups is 1. The van der Waals surface area contributed by atoms with Crippen LogP contribution in [-0.4, -0.2) is 5.78 Å². The Hall–Kier alpha value is -1.32. The number of hydrogen-bond acceptors (Lipinski definition) is 1. The molecule has 0 amide bonds. The minimum absolute atomic E-state index is 0.177. The van der Waals surface area contributed by atoms with E-state index in [1.807, 2.05) is 0 Å². The van der Waals surface area contributed by atoms with Gasteiger partial charge in [-0.2, -0.15) is 13.2 Å². The van der Waals surface area contributed by atoms with E-state index in [-0.39, 0.29) is 23.7 Å². The minimum Gasteiger partial charge on any atom is -0.294 e. The number of Topliss-reactive ketones (excluding diaryl/α,β-unsaturated/α-hetero) is 1. The van der Waals surface area contributed by atoms with E-state index in [2.05, 4.69) is 0 Å². The van der Waals surface area contributed by atoms with Crippen LogP contribution in [0, 0.1) is 5.92 Å². The Morgan fingerprint density at radius 3 is 2.25 bits per heavy atom. The molecule has 0 spiro atoms. The summed E-state index contributed by atoms with van der Waals surface area (Å²) in [5.74, 6) is -0.129. The Morgan fingerprint density at radius 2 is 1.65 bits per heavy atom. The fourth-order valence-electron chi connectivity index (χ4n) is 2.91. The summed E-state index contributed by atoms with van der Waals surface area (Å²) in [5, 5.41) is 0. The van der Waals surface area contributed by atoms with E-state index in [1.165, 1.54) is 31.0 Å². The third-order valence-corrected chi connectivity index (χ3v) is 3.98. The van der Waals surface area contributed by atoms with Crippen molar-refractivity contribution >= 4 is 5.78 Å². The topological polar surface area (TPSA) is 17.1 Å². The maximum absolute atomic E-state index is 12.9. The number of alkyl halides is 3. The van der Waals surface area contributed by atoms with Crippen LogP contribution in [0.5, 0.6) is 0 Å². The van der Waals surface area contributed by atoms with Gasteiger partial charge in [-0.05, 0) is 12.0 Å². The van der Waals surface area contributed by atoms with E-state index in [9.17, 15) is 18.0 Å². The molecule has 2 rings (SSSR count). The number of carbonyl (C=O) groups excluding carboxylic acids is 1. The molecule has 0 heterocycles. The highest BCUT2D eigenvalue weighted by atomic mass is 19.4. The van der Waals surface area contributed by atoms with E-state index in [1.54, 1.807) is 0 Å². The van der Waals surface area contributed by atoms with Crippen LogP contribution in [0.2, 0.25) is 0 Å². The highest BCUT2D eigenvalue weighted by molar-refractivity contribution is 5.97. The molecule has 1 saturated carbocycles. The molecular weight excluding hydrogens is 265 g/mol. The van der Waals surface area contributed by atoms with Crippen LogP contribution in [-0.2, 0) is 6.18 Å². The van der Waals surface area contributed by atoms with Gasteiger partial charge in [0.1, 0.15) is 0 Å². The molecule has 0 aliphatic heterocycles. The molecule has 0 atom stereocenters. The molecule has 0 unspecified atom stereocenters. The zero-order valence-electron chi connectivity index (χ0n) is 11.4. The van der Waals surface area contributed by atoms with Gasteiger partial charge < -0.3 is 0 Å². The van der Waals surface area contributed by atoms with E-state index >= 15 is 0 Å². The lowest BCUT2D eigenvalue weighted by Gasteiger charge is -2.15. The summed E-state index contributed by atoms with van der Waals surface area (Å²) in [6, 6.07) is 5.10. The normalized spacial score (nSPS) is 17.8.